The number of halogens is 2. The summed E-state index contributed by atoms with van der Waals surface area (Å²) >= 11 is 8.34. The predicted octanol–water partition coefficient (Wildman–Crippen LogP) is 6.49. The molecular weight excluding hydrogens is 523 g/mol. The van der Waals surface area contributed by atoms with E-state index >= 15 is 0 Å². The highest BCUT2D eigenvalue weighted by Crippen LogP contribution is 2.23. The molecule has 0 spiro atoms. The maximum atomic E-state index is 13.2. The van der Waals surface area contributed by atoms with Crippen molar-refractivity contribution in [3.05, 3.63) is 91.2 Å². The van der Waals surface area contributed by atoms with Crippen molar-refractivity contribution in [2.24, 2.45) is 0 Å². The fourth-order valence-corrected chi connectivity index (χ4v) is 4.42. The third kappa shape index (κ3) is 5.10. The molecular formula is C25H22ClIN2O2. The van der Waals surface area contributed by atoms with Gasteiger partial charge in [0.25, 0.3) is 5.56 Å². The van der Waals surface area contributed by atoms with E-state index in [-0.39, 0.29) is 5.56 Å². The highest BCUT2D eigenvalue weighted by atomic mass is 127. The topological polar surface area (TPSA) is 44.1 Å². The van der Waals surface area contributed by atoms with Gasteiger partial charge in [-0.2, -0.15) is 0 Å². The van der Waals surface area contributed by atoms with Gasteiger partial charge in [0.2, 0.25) is 0 Å². The summed E-state index contributed by atoms with van der Waals surface area (Å²) in [4.78, 5) is 18.0. The molecule has 0 saturated carbocycles. The Morgan fingerprint density at radius 1 is 1.03 bits per heavy atom. The normalized spacial score (nSPS) is 11.1. The lowest BCUT2D eigenvalue weighted by molar-refractivity contribution is 0.301. The standard InChI is InChI=1S/C25H22ClIN2O2/c1-17-8-13-23(21(27)16-17)31-15-5-4-14-29-24(18-9-11-19(26)12-10-18)28-22-7-3-2-6-20(22)25(29)30/h2-3,6-13,16H,4-5,14-15H2,1H3. The molecule has 0 saturated heterocycles. The van der Waals surface area contributed by atoms with Crippen LogP contribution in [0, 0.1) is 10.5 Å². The van der Waals surface area contributed by atoms with Gasteiger partial charge in [0.05, 0.1) is 21.1 Å². The summed E-state index contributed by atoms with van der Waals surface area (Å²) in [6.45, 7) is 3.24. The van der Waals surface area contributed by atoms with E-state index in [9.17, 15) is 4.79 Å². The van der Waals surface area contributed by atoms with E-state index in [2.05, 4.69) is 41.6 Å². The quantitative estimate of drug-likeness (QED) is 0.197. The van der Waals surface area contributed by atoms with Gasteiger partial charge in [0.1, 0.15) is 11.6 Å². The number of para-hydroxylation sites is 1. The molecule has 0 N–H and O–H groups in total. The van der Waals surface area contributed by atoms with E-state index in [1.54, 1.807) is 4.57 Å². The smallest absolute Gasteiger partial charge is 0.261 e. The van der Waals surface area contributed by atoms with Crippen LogP contribution in [0.5, 0.6) is 5.75 Å². The molecule has 6 heteroatoms. The van der Waals surface area contributed by atoms with Gasteiger partial charge in [-0.15, -0.1) is 0 Å². The van der Waals surface area contributed by atoms with Crippen molar-refractivity contribution in [1.82, 2.24) is 9.55 Å². The molecule has 4 rings (SSSR count). The fourth-order valence-electron chi connectivity index (χ4n) is 3.47. The second kappa shape index (κ2) is 9.83. The number of aromatic nitrogens is 2. The second-order valence-corrected chi connectivity index (χ2v) is 9.00. The first-order chi connectivity index (χ1) is 15.0. The molecule has 1 heterocycles. The molecule has 0 radical (unpaired) electrons. The summed E-state index contributed by atoms with van der Waals surface area (Å²) in [5.41, 5.74) is 2.77. The molecule has 3 aromatic carbocycles. The lowest BCUT2D eigenvalue weighted by atomic mass is 10.1. The molecule has 0 atom stereocenters. The molecule has 0 unspecified atom stereocenters. The molecule has 0 aliphatic rings. The van der Waals surface area contributed by atoms with Crippen LogP contribution in [0.1, 0.15) is 18.4 Å². The van der Waals surface area contributed by atoms with Gasteiger partial charge in [0, 0.05) is 17.1 Å². The van der Waals surface area contributed by atoms with E-state index in [4.69, 9.17) is 21.3 Å². The zero-order valence-electron chi connectivity index (χ0n) is 17.1. The number of hydrogen-bond acceptors (Lipinski definition) is 3. The van der Waals surface area contributed by atoms with E-state index in [1.165, 1.54) is 5.56 Å². The maximum absolute atomic E-state index is 13.2. The minimum Gasteiger partial charge on any atom is -0.492 e. The first kappa shape index (κ1) is 21.8. The van der Waals surface area contributed by atoms with Crippen molar-refractivity contribution in [2.45, 2.75) is 26.3 Å². The van der Waals surface area contributed by atoms with Crippen LogP contribution in [0.15, 0.2) is 71.5 Å². The molecule has 0 aliphatic heterocycles. The van der Waals surface area contributed by atoms with Crippen LogP contribution in [0.4, 0.5) is 0 Å². The summed E-state index contributed by atoms with van der Waals surface area (Å²) in [6, 6.07) is 21.1. The second-order valence-electron chi connectivity index (χ2n) is 7.41. The minimum absolute atomic E-state index is 0.0236. The SMILES string of the molecule is Cc1ccc(OCCCCn2c(-c3ccc(Cl)cc3)nc3ccccc3c2=O)c(I)c1. The largest absolute Gasteiger partial charge is 0.492 e. The Hall–Kier alpha value is -2.38. The molecule has 31 heavy (non-hydrogen) atoms. The summed E-state index contributed by atoms with van der Waals surface area (Å²) in [5, 5.41) is 1.28. The van der Waals surface area contributed by atoms with E-state index in [0.717, 1.165) is 27.7 Å². The number of hydrogen-bond donors (Lipinski definition) is 0. The van der Waals surface area contributed by atoms with Crippen LogP contribution in [0.3, 0.4) is 0 Å². The van der Waals surface area contributed by atoms with Crippen molar-refractivity contribution in [3.8, 4) is 17.1 Å². The Labute approximate surface area is 200 Å². The van der Waals surface area contributed by atoms with E-state index < -0.39 is 0 Å². The van der Waals surface area contributed by atoms with Crippen molar-refractivity contribution < 1.29 is 4.74 Å². The van der Waals surface area contributed by atoms with Gasteiger partial charge in [-0.05, 0) is 96.5 Å². The Morgan fingerprint density at radius 2 is 1.81 bits per heavy atom. The van der Waals surface area contributed by atoms with Gasteiger partial charge in [-0.25, -0.2) is 4.98 Å². The summed E-state index contributed by atoms with van der Waals surface area (Å²) in [5.74, 6) is 1.56. The van der Waals surface area contributed by atoms with Crippen molar-refractivity contribution in [3.63, 3.8) is 0 Å². The summed E-state index contributed by atoms with van der Waals surface area (Å²) < 4.78 is 8.81. The summed E-state index contributed by atoms with van der Waals surface area (Å²) in [6.07, 6.45) is 1.65. The monoisotopic (exact) mass is 544 g/mol. The van der Waals surface area contributed by atoms with Crippen LogP contribution in [0.2, 0.25) is 5.02 Å². The average Bonchev–Trinajstić information content (AvgIpc) is 2.76. The van der Waals surface area contributed by atoms with Crippen molar-refractivity contribution >= 4 is 45.1 Å². The third-order valence-corrected chi connectivity index (χ3v) is 6.18. The van der Waals surface area contributed by atoms with E-state index in [0.29, 0.717) is 34.9 Å². The molecule has 0 bridgehead atoms. The molecule has 1 aromatic heterocycles. The third-order valence-electron chi connectivity index (χ3n) is 5.09. The summed E-state index contributed by atoms with van der Waals surface area (Å²) in [7, 11) is 0. The highest BCUT2D eigenvalue weighted by molar-refractivity contribution is 14.1. The van der Waals surface area contributed by atoms with Gasteiger partial charge in [-0.1, -0.05) is 29.8 Å². The van der Waals surface area contributed by atoms with E-state index in [1.807, 2.05) is 54.6 Å². The molecule has 0 aliphatic carbocycles. The van der Waals surface area contributed by atoms with Crippen LogP contribution >= 0.6 is 34.2 Å². The van der Waals surface area contributed by atoms with Gasteiger partial charge in [0.15, 0.2) is 0 Å². The molecule has 0 amide bonds. The number of ether oxygens (including phenoxy) is 1. The van der Waals surface area contributed by atoms with Crippen LogP contribution in [-0.4, -0.2) is 16.2 Å². The predicted molar refractivity (Wildman–Crippen MR) is 135 cm³/mol. The molecule has 4 aromatic rings. The number of fused-ring (bicyclic) bond motifs is 1. The highest BCUT2D eigenvalue weighted by Gasteiger charge is 2.12. The van der Waals surface area contributed by atoms with Crippen molar-refractivity contribution in [2.75, 3.05) is 6.61 Å². The Balaban J connectivity index is 1.53. The Bertz CT molecular complexity index is 1270. The number of nitrogens with zero attached hydrogens (tertiary/aromatic N) is 2. The first-order valence-electron chi connectivity index (χ1n) is 10.2. The number of benzene rings is 3. The number of aryl methyl sites for hydroxylation is 1. The fraction of sp³-hybridized carbons (Fsp3) is 0.200. The molecule has 158 valence electrons. The maximum Gasteiger partial charge on any atom is 0.261 e. The Kier molecular flexibility index (Phi) is 6.92. The van der Waals surface area contributed by atoms with Gasteiger partial charge < -0.3 is 4.74 Å². The number of rotatable bonds is 7. The zero-order chi connectivity index (χ0) is 21.8. The zero-order valence-corrected chi connectivity index (χ0v) is 20.1. The van der Waals surface area contributed by atoms with Crippen LogP contribution in [0.25, 0.3) is 22.3 Å². The average molecular weight is 545 g/mol. The Morgan fingerprint density at radius 3 is 2.58 bits per heavy atom. The van der Waals surface area contributed by atoms with Crippen molar-refractivity contribution in [1.29, 1.82) is 0 Å². The lowest BCUT2D eigenvalue weighted by Gasteiger charge is -2.14. The molecule has 4 nitrogen and oxygen atoms in total. The molecule has 0 fully saturated rings. The first-order valence-corrected chi connectivity index (χ1v) is 11.6. The van der Waals surface area contributed by atoms with Crippen LogP contribution < -0.4 is 10.3 Å². The lowest BCUT2D eigenvalue weighted by Crippen LogP contribution is -2.24. The van der Waals surface area contributed by atoms with Crippen LogP contribution in [-0.2, 0) is 6.54 Å². The van der Waals surface area contributed by atoms with Gasteiger partial charge in [-0.3, -0.25) is 9.36 Å². The minimum atomic E-state index is -0.0236. The van der Waals surface area contributed by atoms with Gasteiger partial charge >= 0.3 is 0 Å². The number of unbranched alkanes of at least 4 members (excludes halogenated alkanes) is 1.